The summed E-state index contributed by atoms with van der Waals surface area (Å²) in [7, 11) is 0. The number of thiophene rings is 1. The molecule has 1 aliphatic rings. The summed E-state index contributed by atoms with van der Waals surface area (Å²) >= 11 is 1.51. The van der Waals surface area contributed by atoms with Crippen LogP contribution in [-0.4, -0.2) is 23.5 Å². The number of aryl methyl sites for hydroxylation is 2. The molecule has 1 aliphatic carbocycles. The molecule has 3 amide bonds. The Kier molecular flexibility index (Phi) is 7.33. The van der Waals surface area contributed by atoms with E-state index in [9.17, 15) is 14.4 Å². The average Bonchev–Trinajstić information content (AvgIpc) is 3.00. The van der Waals surface area contributed by atoms with Gasteiger partial charge >= 0.3 is 6.09 Å². The fourth-order valence-electron chi connectivity index (χ4n) is 3.29. The van der Waals surface area contributed by atoms with Crippen molar-refractivity contribution in [3.63, 3.8) is 0 Å². The quantitative estimate of drug-likeness (QED) is 0.489. The molecule has 1 aromatic heterocycles. The highest BCUT2D eigenvalue weighted by Crippen LogP contribution is 2.28. The van der Waals surface area contributed by atoms with Gasteiger partial charge in [-0.1, -0.05) is 18.6 Å². The van der Waals surface area contributed by atoms with Crippen molar-refractivity contribution in [3.05, 3.63) is 56.8 Å². The number of amides is 3. The van der Waals surface area contributed by atoms with E-state index in [2.05, 4.69) is 16.2 Å². The number of hydrogen-bond donors (Lipinski definition) is 3. The number of benzene rings is 1. The Balaban J connectivity index is 1.48. The first-order valence-electron chi connectivity index (χ1n) is 10.5. The summed E-state index contributed by atoms with van der Waals surface area (Å²) < 4.78 is 5.19. The summed E-state index contributed by atoms with van der Waals surface area (Å²) in [5, 5.41) is 2.67. The lowest BCUT2D eigenvalue weighted by atomic mass is 10.1. The summed E-state index contributed by atoms with van der Waals surface area (Å²) in [6, 6.07) is 8.70. The molecule has 0 saturated heterocycles. The Morgan fingerprint density at radius 3 is 2.35 bits per heavy atom. The van der Waals surface area contributed by atoms with Crippen molar-refractivity contribution in [2.45, 2.75) is 65.0 Å². The molecule has 2 aromatic rings. The number of hydrogen-bond acceptors (Lipinski definition) is 5. The minimum atomic E-state index is -0.557. The Labute approximate surface area is 186 Å². The highest BCUT2D eigenvalue weighted by Gasteiger charge is 2.18. The van der Waals surface area contributed by atoms with E-state index in [-0.39, 0.29) is 12.5 Å². The minimum Gasteiger partial charge on any atom is -0.444 e. The van der Waals surface area contributed by atoms with Crippen LogP contribution in [-0.2, 0) is 24.1 Å². The molecule has 0 spiro atoms. The zero-order valence-corrected chi connectivity index (χ0v) is 19.0. The third-order valence-corrected chi connectivity index (χ3v) is 6.05. The van der Waals surface area contributed by atoms with Gasteiger partial charge in [0.25, 0.3) is 11.8 Å². The number of hydrazine groups is 1. The van der Waals surface area contributed by atoms with Gasteiger partial charge in [-0.2, -0.15) is 0 Å². The van der Waals surface area contributed by atoms with Gasteiger partial charge in [0.2, 0.25) is 0 Å². The van der Waals surface area contributed by atoms with Crippen molar-refractivity contribution in [3.8, 4) is 0 Å². The molecule has 0 fully saturated rings. The second kappa shape index (κ2) is 9.96. The lowest BCUT2D eigenvalue weighted by Gasteiger charge is -2.19. The van der Waals surface area contributed by atoms with Gasteiger partial charge < -0.3 is 10.1 Å². The second-order valence-electron chi connectivity index (χ2n) is 8.58. The van der Waals surface area contributed by atoms with E-state index in [0.29, 0.717) is 10.4 Å². The van der Waals surface area contributed by atoms with Crippen molar-refractivity contribution in [1.82, 2.24) is 16.2 Å². The van der Waals surface area contributed by atoms with Gasteiger partial charge in [-0.25, -0.2) is 4.79 Å². The highest BCUT2D eigenvalue weighted by molar-refractivity contribution is 7.14. The smallest absolute Gasteiger partial charge is 0.407 e. The largest absolute Gasteiger partial charge is 0.444 e. The predicted molar refractivity (Wildman–Crippen MR) is 120 cm³/mol. The maximum absolute atomic E-state index is 12.4. The van der Waals surface area contributed by atoms with Crippen molar-refractivity contribution in [2.24, 2.45) is 0 Å². The molecule has 0 radical (unpaired) electrons. The third-order valence-electron chi connectivity index (χ3n) is 4.81. The van der Waals surface area contributed by atoms with Crippen LogP contribution in [0.15, 0.2) is 30.3 Å². The Bertz CT molecular complexity index is 921. The molecule has 1 aromatic carbocycles. The number of fused-ring (bicyclic) bond motifs is 1. The predicted octanol–water partition coefficient (Wildman–Crippen LogP) is 4.12. The van der Waals surface area contributed by atoms with Crippen LogP contribution in [0.4, 0.5) is 4.79 Å². The maximum atomic E-state index is 12.4. The lowest BCUT2D eigenvalue weighted by molar-refractivity contribution is 0.0523. The Morgan fingerprint density at radius 1 is 0.968 bits per heavy atom. The van der Waals surface area contributed by atoms with Crippen molar-refractivity contribution in [2.75, 3.05) is 0 Å². The topological polar surface area (TPSA) is 96.5 Å². The van der Waals surface area contributed by atoms with Crippen LogP contribution >= 0.6 is 11.3 Å². The van der Waals surface area contributed by atoms with E-state index < -0.39 is 17.6 Å². The SMILES string of the molecule is CC(C)(C)OC(=O)NCc1ccc(C(=O)NNC(=O)c2cc3c(s2)CCCCC3)cc1. The number of ether oxygens (including phenoxy) is 1. The highest BCUT2D eigenvalue weighted by atomic mass is 32.1. The normalized spacial score (nSPS) is 13.5. The summed E-state index contributed by atoms with van der Waals surface area (Å²) in [6.45, 7) is 5.68. The average molecular weight is 444 g/mol. The fraction of sp³-hybridized carbons (Fsp3) is 0.435. The van der Waals surface area contributed by atoms with E-state index in [1.54, 1.807) is 45.0 Å². The van der Waals surface area contributed by atoms with Crippen LogP contribution in [0.25, 0.3) is 0 Å². The molecule has 0 saturated carbocycles. The molecule has 3 N–H and O–H groups in total. The number of rotatable bonds is 4. The van der Waals surface area contributed by atoms with Crippen molar-refractivity contribution < 1.29 is 19.1 Å². The van der Waals surface area contributed by atoms with Crippen LogP contribution in [0.1, 0.15) is 76.1 Å². The molecule has 8 heteroatoms. The molecule has 0 aliphatic heterocycles. The van der Waals surface area contributed by atoms with Crippen molar-refractivity contribution >= 4 is 29.2 Å². The first-order chi connectivity index (χ1) is 14.7. The standard InChI is InChI=1S/C23H29N3O4S/c1-23(2,3)30-22(29)24-14-15-9-11-16(12-10-15)20(27)25-26-21(28)19-13-17-7-5-4-6-8-18(17)31-19/h9-13H,4-8,14H2,1-3H3,(H,24,29)(H,25,27)(H,26,28). The molecule has 0 bridgehead atoms. The van der Waals surface area contributed by atoms with Crippen LogP contribution in [0, 0.1) is 0 Å². The summed E-state index contributed by atoms with van der Waals surface area (Å²) in [4.78, 5) is 38.4. The van der Waals surface area contributed by atoms with Crippen LogP contribution in [0.3, 0.4) is 0 Å². The molecular weight excluding hydrogens is 414 g/mol. The summed E-state index contributed by atoms with van der Waals surface area (Å²) in [6.07, 6.45) is 5.09. The van der Waals surface area contributed by atoms with Gasteiger partial charge in [0.15, 0.2) is 0 Å². The minimum absolute atomic E-state index is 0.288. The van der Waals surface area contributed by atoms with E-state index in [1.807, 2.05) is 6.07 Å². The summed E-state index contributed by atoms with van der Waals surface area (Å²) in [5.41, 5.74) is 6.89. The molecule has 7 nitrogen and oxygen atoms in total. The number of carbonyl (C=O) groups excluding carboxylic acids is 3. The van der Waals surface area contributed by atoms with Crippen LogP contribution in [0.2, 0.25) is 0 Å². The Hall–Kier alpha value is -2.87. The molecule has 166 valence electrons. The number of alkyl carbamates (subject to hydrolysis) is 1. The van der Waals surface area contributed by atoms with Gasteiger partial charge in [0.1, 0.15) is 5.60 Å². The molecule has 0 unspecified atom stereocenters. The summed E-state index contributed by atoms with van der Waals surface area (Å²) in [5.74, 6) is -0.706. The molecule has 1 heterocycles. The second-order valence-corrected chi connectivity index (χ2v) is 9.72. The van der Waals surface area contributed by atoms with E-state index in [4.69, 9.17) is 4.74 Å². The van der Waals surface area contributed by atoms with E-state index in [0.717, 1.165) is 31.2 Å². The monoisotopic (exact) mass is 443 g/mol. The zero-order valence-electron chi connectivity index (χ0n) is 18.2. The number of nitrogens with one attached hydrogen (secondary N) is 3. The molecular formula is C23H29N3O4S. The zero-order chi connectivity index (χ0) is 22.4. The first-order valence-corrected chi connectivity index (χ1v) is 11.3. The van der Waals surface area contributed by atoms with Crippen LogP contribution < -0.4 is 16.2 Å². The Morgan fingerprint density at radius 2 is 1.65 bits per heavy atom. The lowest BCUT2D eigenvalue weighted by Crippen LogP contribution is -2.41. The molecule has 3 rings (SSSR count). The van der Waals surface area contributed by atoms with Gasteiger partial charge in [-0.05, 0) is 75.8 Å². The fourth-order valence-corrected chi connectivity index (χ4v) is 4.44. The van der Waals surface area contributed by atoms with Gasteiger partial charge in [-0.3, -0.25) is 20.4 Å². The van der Waals surface area contributed by atoms with Gasteiger partial charge in [0.05, 0.1) is 4.88 Å². The van der Waals surface area contributed by atoms with Crippen molar-refractivity contribution in [1.29, 1.82) is 0 Å². The first kappa shape index (κ1) is 22.8. The maximum Gasteiger partial charge on any atom is 0.407 e. The van der Waals surface area contributed by atoms with Gasteiger partial charge in [-0.15, -0.1) is 11.3 Å². The number of carbonyl (C=O) groups is 3. The third kappa shape index (κ3) is 6.82. The van der Waals surface area contributed by atoms with Crippen LogP contribution in [0.5, 0.6) is 0 Å². The molecule has 31 heavy (non-hydrogen) atoms. The molecule has 0 atom stereocenters. The van der Waals surface area contributed by atoms with Gasteiger partial charge in [0, 0.05) is 17.0 Å². The van der Waals surface area contributed by atoms with E-state index in [1.165, 1.54) is 28.2 Å². The van der Waals surface area contributed by atoms with E-state index >= 15 is 0 Å².